The van der Waals surface area contributed by atoms with Crippen LogP contribution in [0.15, 0.2) is 30.4 Å². The van der Waals surface area contributed by atoms with Crippen molar-refractivity contribution in [3.05, 3.63) is 35.9 Å². The molecule has 96 valence electrons. The molecule has 0 unspecified atom stereocenters. The van der Waals surface area contributed by atoms with Crippen LogP contribution in [0.3, 0.4) is 0 Å². The molecule has 0 fully saturated rings. The van der Waals surface area contributed by atoms with Gasteiger partial charge in [-0.15, -0.1) is 0 Å². The number of hydrogen-bond donors (Lipinski definition) is 2. The highest BCUT2D eigenvalue weighted by Crippen LogP contribution is 2.14. The van der Waals surface area contributed by atoms with Crippen LogP contribution in [-0.4, -0.2) is 18.4 Å². The summed E-state index contributed by atoms with van der Waals surface area (Å²) in [5.74, 6) is -0.682. The minimum absolute atomic E-state index is 0.0131. The molecule has 0 spiro atoms. The molecular formula is C13H16N2O3. The SMILES string of the molecule is C=C(C)C(=O)CCOC(=O)c1cc(N)cc(N)c1. The number of Topliss-reactive ketones (excluding diaryl/α,β-unsaturated/α-hetero) is 1. The molecule has 0 amide bonds. The fraction of sp³-hybridized carbons (Fsp3) is 0.231. The second-order valence-electron chi connectivity index (χ2n) is 3.98. The minimum Gasteiger partial charge on any atom is -0.462 e. The van der Waals surface area contributed by atoms with Gasteiger partial charge >= 0.3 is 5.97 Å². The number of rotatable bonds is 5. The molecule has 5 heteroatoms. The van der Waals surface area contributed by atoms with Gasteiger partial charge in [-0.05, 0) is 30.7 Å². The van der Waals surface area contributed by atoms with Crippen molar-refractivity contribution in [3.63, 3.8) is 0 Å². The summed E-state index contributed by atoms with van der Waals surface area (Å²) < 4.78 is 4.95. The number of esters is 1. The average Bonchev–Trinajstić information content (AvgIpc) is 2.27. The Bertz CT molecular complexity index is 475. The molecule has 0 radical (unpaired) electrons. The van der Waals surface area contributed by atoms with E-state index >= 15 is 0 Å². The van der Waals surface area contributed by atoms with Gasteiger partial charge in [-0.3, -0.25) is 4.79 Å². The summed E-state index contributed by atoms with van der Waals surface area (Å²) in [6.07, 6.45) is 0.124. The van der Waals surface area contributed by atoms with E-state index in [9.17, 15) is 9.59 Å². The highest BCUT2D eigenvalue weighted by Gasteiger charge is 2.10. The van der Waals surface area contributed by atoms with Crippen molar-refractivity contribution in [2.24, 2.45) is 0 Å². The number of nitrogen functional groups attached to an aromatic ring is 2. The number of carbonyl (C=O) groups is 2. The summed E-state index contributed by atoms with van der Waals surface area (Å²) in [5, 5.41) is 0. The number of allylic oxidation sites excluding steroid dienone is 1. The summed E-state index contributed by atoms with van der Waals surface area (Å²) >= 11 is 0. The molecule has 1 aromatic carbocycles. The number of benzene rings is 1. The van der Waals surface area contributed by atoms with Crippen LogP contribution >= 0.6 is 0 Å². The van der Waals surface area contributed by atoms with Crippen molar-refractivity contribution < 1.29 is 14.3 Å². The lowest BCUT2D eigenvalue weighted by atomic mass is 10.1. The Kier molecular flexibility index (Phi) is 4.48. The summed E-state index contributed by atoms with van der Waals surface area (Å²) in [6, 6.07) is 4.49. The predicted molar refractivity (Wildman–Crippen MR) is 70.0 cm³/mol. The lowest BCUT2D eigenvalue weighted by Crippen LogP contribution is -2.11. The van der Waals surface area contributed by atoms with Gasteiger partial charge in [-0.2, -0.15) is 0 Å². The Hall–Kier alpha value is -2.30. The minimum atomic E-state index is -0.552. The first-order valence-corrected chi connectivity index (χ1v) is 5.42. The first kappa shape index (κ1) is 13.8. The van der Waals surface area contributed by atoms with E-state index in [0.717, 1.165) is 0 Å². The standard InChI is InChI=1S/C13H16N2O3/c1-8(2)12(16)3-4-18-13(17)9-5-10(14)7-11(15)6-9/h5-7H,1,3-4,14-15H2,2H3. The molecule has 0 bridgehead atoms. The molecule has 1 aromatic rings. The molecule has 4 N–H and O–H groups in total. The molecule has 0 aromatic heterocycles. The highest BCUT2D eigenvalue weighted by atomic mass is 16.5. The van der Waals surface area contributed by atoms with Crippen LogP contribution in [-0.2, 0) is 9.53 Å². The summed E-state index contributed by atoms with van der Waals surface area (Å²) in [7, 11) is 0. The molecule has 5 nitrogen and oxygen atoms in total. The van der Waals surface area contributed by atoms with Crippen molar-refractivity contribution in [1.82, 2.24) is 0 Å². The van der Waals surface area contributed by atoms with Crippen molar-refractivity contribution in [2.45, 2.75) is 13.3 Å². The molecule has 0 aliphatic rings. The first-order valence-electron chi connectivity index (χ1n) is 5.42. The van der Waals surface area contributed by atoms with Crippen LogP contribution in [0.2, 0.25) is 0 Å². The van der Waals surface area contributed by atoms with Gasteiger partial charge in [0.15, 0.2) is 5.78 Å². The second-order valence-corrected chi connectivity index (χ2v) is 3.98. The number of nitrogens with two attached hydrogens (primary N) is 2. The van der Waals surface area contributed by atoms with Gasteiger partial charge in [-0.25, -0.2) is 4.79 Å². The van der Waals surface area contributed by atoms with E-state index in [2.05, 4.69) is 6.58 Å². The van der Waals surface area contributed by atoms with Crippen molar-refractivity contribution >= 4 is 23.1 Å². The molecule has 0 aliphatic carbocycles. The smallest absolute Gasteiger partial charge is 0.338 e. The number of hydrogen-bond acceptors (Lipinski definition) is 5. The Morgan fingerprint density at radius 3 is 2.28 bits per heavy atom. The van der Waals surface area contributed by atoms with E-state index < -0.39 is 5.97 Å². The van der Waals surface area contributed by atoms with Crippen LogP contribution in [0.5, 0.6) is 0 Å². The van der Waals surface area contributed by atoms with E-state index in [1.807, 2.05) is 0 Å². The lowest BCUT2D eigenvalue weighted by molar-refractivity contribution is -0.116. The fourth-order valence-electron chi connectivity index (χ4n) is 1.33. The third kappa shape index (κ3) is 3.93. The van der Waals surface area contributed by atoms with Gasteiger partial charge in [0.1, 0.15) is 0 Å². The first-order chi connectivity index (χ1) is 8.40. The zero-order chi connectivity index (χ0) is 13.7. The third-order valence-corrected chi connectivity index (χ3v) is 2.25. The zero-order valence-corrected chi connectivity index (χ0v) is 10.2. The van der Waals surface area contributed by atoms with Crippen LogP contribution < -0.4 is 11.5 Å². The molecule has 0 saturated carbocycles. The number of ketones is 1. The molecule has 1 rings (SSSR count). The van der Waals surface area contributed by atoms with Crippen LogP contribution in [0.1, 0.15) is 23.7 Å². The Morgan fingerprint density at radius 1 is 1.22 bits per heavy atom. The normalized spacial score (nSPS) is 9.83. The quantitative estimate of drug-likeness (QED) is 0.468. The summed E-state index contributed by atoms with van der Waals surface area (Å²) in [5.41, 5.74) is 12.6. The third-order valence-electron chi connectivity index (χ3n) is 2.25. The van der Waals surface area contributed by atoms with Gasteiger partial charge in [0.25, 0.3) is 0 Å². The summed E-state index contributed by atoms with van der Waals surface area (Å²) in [6.45, 7) is 5.14. The Labute approximate surface area is 105 Å². The largest absolute Gasteiger partial charge is 0.462 e. The number of anilines is 2. The summed E-state index contributed by atoms with van der Waals surface area (Å²) in [4.78, 5) is 22.9. The fourth-order valence-corrected chi connectivity index (χ4v) is 1.33. The van der Waals surface area contributed by atoms with Crippen LogP contribution in [0, 0.1) is 0 Å². The molecule has 0 heterocycles. The predicted octanol–water partition coefficient (Wildman–Crippen LogP) is 1.54. The van der Waals surface area contributed by atoms with Gasteiger partial charge in [0.05, 0.1) is 12.2 Å². The van der Waals surface area contributed by atoms with Crippen molar-refractivity contribution in [3.8, 4) is 0 Å². The molecule has 18 heavy (non-hydrogen) atoms. The van der Waals surface area contributed by atoms with E-state index in [0.29, 0.717) is 16.9 Å². The molecule has 0 atom stereocenters. The van der Waals surface area contributed by atoms with E-state index in [1.165, 1.54) is 12.1 Å². The maximum Gasteiger partial charge on any atom is 0.338 e. The monoisotopic (exact) mass is 248 g/mol. The average molecular weight is 248 g/mol. The maximum atomic E-state index is 11.6. The maximum absolute atomic E-state index is 11.6. The lowest BCUT2D eigenvalue weighted by Gasteiger charge is -2.06. The van der Waals surface area contributed by atoms with Gasteiger partial charge in [0.2, 0.25) is 0 Å². The number of ether oxygens (including phenoxy) is 1. The van der Waals surface area contributed by atoms with E-state index in [4.69, 9.17) is 16.2 Å². The van der Waals surface area contributed by atoms with Gasteiger partial charge in [0, 0.05) is 17.8 Å². The Morgan fingerprint density at radius 2 is 1.78 bits per heavy atom. The van der Waals surface area contributed by atoms with E-state index in [-0.39, 0.29) is 24.4 Å². The molecular weight excluding hydrogens is 232 g/mol. The Balaban J connectivity index is 2.55. The number of carbonyl (C=O) groups excluding carboxylic acids is 2. The molecule has 0 aliphatic heterocycles. The van der Waals surface area contributed by atoms with Gasteiger partial charge in [-0.1, -0.05) is 6.58 Å². The highest BCUT2D eigenvalue weighted by molar-refractivity contribution is 5.95. The van der Waals surface area contributed by atoms with E-state index in [1.54, 1.807) is 13.0 Å². The molecule has 0 saturated heterocycles. The van der Waals surface area contributed by atoms with Crippen molar-refractivity contribution in [1.29, 1.82) is 0 Å². The van der Waals surface area contributed by atoms with Crippen molar-refractivity contribution in [2.75, 3.05) is 18.1 Å². The van der Waals surface area contributed by atoms with Gasteiger partial charge < -0.3 is 16.2 Å². The topological polar surface area (TPSA) is 95.4 Å². The zero-order valence-electron chi connectivity index (χ0n) is 10.2. The van der Waals surface area contributed by atoms with Crippen LogP contribution in [0.4, 0.5) is 11.4 Å². The second kappa shape index (κ2) is 5.86. The van der Waals surface area contributed by atoms with Crippen LogP contribution in [0.25, 0.3) is 0 Å².